The number of carbonyl (C=O) groups is 2. The van der Waals surface area contributed by atoms with E-state index in [2.05, 4.69) is 10.8 Å². The molecule has 0 aromatic rings. The number of hydrogen-bond acceptors (Lipinski definition) is 3. The molecule has 12 heavy (non-hydrogen) atoms. The van der Waals surface area contributed by atoms with Crippen molar-refractivity contribution in [3.05, 3.63) is 0 Å². The average molecular weight is 169 g/mol. The van der Waals surface area contributed by atoms with Gasteiger partial charge in [0.25, 0.3) is 5.91 Å². The van der Waals surface area contributed by atoms with Crippen molar-refractivity contribution in [2.75, 3.05) is 7.05 Å². The minimum absolute atomic E-state index is 0.133. The maximum absolute atomic E-state index is 10.8. The molecule has 0 rings (SSSR count). The molecule has 4 nitrogen and oxygen atoms in total. The van der Waals surface area contributed by atoms with E-state index in [9.17, 15) is 9.59 Å². The van der Waals surface area contributed by atoms with Gasteiger partial charge in [0.05, 0.1) is 6.42 Å². The lowest BCUT2D eigenvalue weighted by Gasteiger charge is -2.12. The summed E-state index contributed by atoms with van der Waals surface area (Å²) in [5.74, 6) is 1.47. The van der Waals surface area contributed by atoms with Crippen molar-refractivity contribution in [2.24, 2.45) is 0 Å². The lowest BCUT2D eigenvalue weighted by molar-refractivity contribution is -0.191. The van der Waals surface area contributed by atoms with Gasteiger partial charge in [-0.05, 0) is 0 Å². The largest absolute Gasteiger partial charge is 0.338 e. The summed E-state index contributed by atoms with van der Waals surface area (Å²) in [6.07, 6.45) is 5.39. The third-order valence-electron chi connectivity index (χ3n) is 1.16. The van der Waals surface area contributed by atoms with Gasteiger partial charge in [0.1, 0.15) is 0 Å². The highest BCUT2D eigenvalue weighted by molar-refractivity contribution is 5.75. The van der Waals surface area contributed by atoms with Crippen LogP contribution in [0.1, 0.15) is 19.8 Å². The van der Waals surface area contributed by atoms with E-state index >= 15 is 0 Å². The fourth-order valence-electron chi connectivity index (χ4n) is 0.437. The zero-order chi connectivity index (χ0) is 9.56. The number of hydroxylamine groups is 2. The lowest BCUT2D eigenvalue weighted by atomic mass is 10.3. The molecule has 0 fully saturated rings. The van der Waals surface area contributed by atoms with Crippen molar-refractivity contribution in [3.63, 3.8) is 0 Å². The summed E-state index contributed by atoms with van der Waals surface area (Å²) >= 11 is 0. The molecule has 0 spiro atoms. The van der Waals surface area contributed by atoms with Gasteiger partial charge in [0.2, 0.25) is 0 Å². The molecule has 0 aliphatic heterocycles. The van der Waals surface area contributed by atoms with Gasteiger partial charge in [-0.15, -0.1) is 12.3 Å². The molecule has 0 aliphatic rings. The topological polar surface area (TPSA) is 46.6 Å². The van der Waals surface area contributed by atoms with Gasteiger partial charge in [-0.25, -0.2) is 4.79 Å². The van der Waals surface area contributed by atoms with Gasteiger partial charge in [0.15, 0.2) is 0 Å². The monoisotopic (exact) mass is 169 g/mol. The summed E-state index contributed by atoms with van der Waals surface area (Å²) in [5.41, 5.74) is 0. The van der Waals surface area contributed by atoms with E-state index in [4.69, 9.17) is 6.42 Å². The Morgan fingerprint density at radius 1 is 1.58 bits per heavy atom. The first-order chi connectivity index (χ1) is 5.57. The van der Waals surface area contributed by atoms with Gasteiger partial charge in [0, 0.05) is 20.4 Å². The van der Waals surface area contributed by atoms with Crippen LogP contribution in [-0.4, -0.2) is 24.0 Å². The first-order valence-corrected chi connectivity index (χ1v) is 3.46. The van der Waals surface area contributed by atoms with Crippen LogP contribution in [0.5, 0.6) is 0 Å². The zero-order valence-electron chi connectivity index (χ0n) is 7.16. The molecule has 66 valence electrons. The quantitative estimate of drug-likeness (QED) is 0.442. The van der Waals surface area contributed by atoms with E-state index < -0.39 is 5.97 Å². The van der Waals surface area contributed by atoms with Crippen LogP contribution in [0.15, 0.2) is 0 Å². The molecular weight excluding hydrogens is 158 g/mol. The fraction of sp³-hybridized carbons (Fsp3) is 0.500. The molecule has 0 aromatic carbocycles. The first kappa shape index (κ1) is 10.5. The van der Waals surface area contributed by atoms with Crippen molar-refractivity contribution >= 4 is 11.9 Å². The first-order valence-electron chi connectivity index (χ1n) is 3.46. The van der Waals surface area contributed by atoms with Crippen molar-refractivity contribution in [1.82, 2.24) is 5.06 Å². The van der Waals surface area contributed by atoms with Gasteiger partial charge in [-0.1, -0.05) is 0 Å². The van der Waals surface area contributed by atoms with Crippen LogP contribution in [0.3, 0.4) is 0 Å². The summed E-state index contributed by atoms with van der Waals surface area (Å²) in [7, 11) is 1.37. The molecule has 4 heteroatoms. The Kier molecular flexibility index (Phi) is 4.54. The van der Waals surface area contributed by atoms with E-state index in [1.54, 1.807) is 0 Å². The highest BCUT2D eigenvalue weighted by Crippen LogP contribution is 1.94. The van der Waals surface area contributed by atoms with E-state index in [0.717, 1.165) is 5.06 Å². The Morgan fingerprint density at radius 3 is 2.58 bits per heavy atom. The summed E-state index contributed by atoms with van der Waals surface area (Å²) in [6, 6.07) is 0. The van der Waals surface area contributed by atoms with Crippen LogP contribution < -0.4 is 0 Å². The molecule has 0 saturated heterocycles. The van der Waals surface area contributed by atoms with E-state index in [1.165, 1.54) is 14.0 Å². The molecule has 0 radical (unpaired) electrons. The van der Waals surface area contributed by atoms with Crippen LogP contribution in [0.2, 0.25) is 0 Å². The number of nitrogens with zero attached hydrogens (tertiary/aromatic N) is 1. The van der Waals surface area contributed by atoms with Crippen LogP contribution in [0.25, 0.3) is 0 Å². The molecule has 1 amide bonds. The Morgan fingerprint density at radius 2 is 2.17 bits per heavy atom. The van der Waals surface area contributed by atoms with Crippen molar-refractivity contribution in [1.29, 1.82) is 0 Å². The van der Waals surface area contributed by atoms with Gasteiger partial charge >= 0.3 is 5.97 Å². The minimum atomic E-state index is -0.495. The Labute approximate surface area is 71.4 Å². The summed E-state index contributed by atoms with van der Waals surface area (Å²) < 4.78 is 0. The molecule has 0 heterocycles. The predicted molar refractivity (Wildman–Crippen MR) is 42.6 cm³/mol. The second kappa shape index (κ2) is 5.19. The Balaban J connectivity index is 3.71. The summed E-state index contributed by atoms with van der Waals surface area (Å²) in [4.78, 5) is 25.9. The highest BCUT2D eigenvalue weighted by atomic mass is 16.7. The smallest absolute Gasteiger partial charge is 0.333 e. The fourth-order valence-corrected chi connectivity index (χ4v) is 0.437. The van der Waals surface area contributed by atoms with Crippen LogP contribution >= 0.6 is 0 Å². The second-order valence-electron chi connectivity index (χ2n) is 2.18. The summed E-state index contributed by atoms with van der Waals surface area (Å²) in [6.45, 7) is 1.30. The number of carbonyl (C=O) groups excluding carboxylic acids is 2. The van der Waals surface area contributed by atoms with Crippen molar-refractivity contribution in [3.8, 4) is 12.3 Å². The maximum atomic E-state index is 10.8. The number of terminal acetylenes is 1. The zero-order valence-corrected chi connectivity index (χ0v) is 7.16. The van der Waals surface area contributed by atoms with Crippen LogP contribution in [-0.2, 0) is 14.4 Å². The second-order valence-corrected chi connectivity index (χ2v) is 2.18. The van der Waals surface area contributed by atoms with E-state index in [-0.39, 0.29) is 12.3 Å². The van der Waals surface area contributed by atoms with E-state index in [0.29, 0.717) is 6.42 Å². The lowest BCUT2D eigenvalue weighted by Crippen LogP contribution is -2.27. The molecule has 0 unspecified atom stereocenters. The average Bonchev–Trinajstić information content (AvgIpc) is 2.00. The predicted octanol–water partition coefficient (Wildman–Crippen LogP) is 0.336. The van der Waals surface area contributed by atoms with Crippen molar-refractivity contribution < 1.29 is 14.4 Å². The molecule has 0 atom stereocenters. The van der Waals surface area contributed by atoms with Gasteiger partial charge in [-0.2, -0.15) is 5.06 Å². The molecule has 0 N–H and O–H groups in total. The highest BCUT2D eigenvalue weighted by Gasteiger charge is 2.08. The Bertz CT molecular complexity index is 217. The third-order valence-corrected chi connectivity index (χ3v) is 1.16. The van der Waals surface area contributed by atoms with Crippen LogP contribution in [0.4, 0.5) is 0 Å². The number of rotatable bonds is 2. The Hall–Kier alpha value is -1.50. The molecule has 0 aliphatic carbocycles. The normalized spacial score (nSPS) is 8.42. The number of hydrogen-bond donors (Lipinski definition) is 0. The summed E-state index contributed by atoms with van der Waals surface area (Å²) in [5, 5.41) is 0.874. The third kappa shape index (κ3) is 4.34. The molecular formula is C8H11NO3. The maximum Gasteiger partial charge on any atom is 0.333 e. The standard InChI is InChI=1S/C8H11NO3/c1-4-5-6-8(11)12-9(3)7(2)10/h1H,5-6H2,2-3H3. The number of amides is 1. The van der Waals surface area contributed by atoms with Crippen molar-refractivity contribution in [2.45, 2.75) is 19.8 Å². The molecule has 0 aromatic heterocycles. The van der Waals surface area contributed by atoms with Gasteiger partial charge < -0.3 is 4.84 Å². The molecule has 0 bridgehead atoms. The SMILES string of the molecule is C#CCCC(=O)ON(C)C(C)=O. The molecule has 0 saturated carbocycles. The van der Waals surface area contributed by atoms with Gasteiger partial charge in [-0.3, -0.25) is 4.79 Å². The van der Waals surface area contributed by atoms with Crippen LogP contribution in [0, 0.1) is 12.3 Å². The minimum Gasteiger partial charge on any atom is -0.338 e. The van der Waals surface area contributed by atoms with E-state index in [1.807, 2.05) is 0 Å².